The molecule has 10 heteroatoms. The summed E-state index contributed by atoms with van der Waals surface area (Å²) >= 11 is 6.80. The van der Waals surface area contributed by atoms with Gasteiger partial charge >= 0.3 is 0 Å². The Kier molecular flexibility index (Phi) is 7.38. The predicted molar refractivity (Wildman–Crippen MR) is 151 cm³/mol. The van der Waals surface area contributed by atoms with Gasteiger partial charge in [-0.15, -0.1) is 0 Å². The van der Waals surface area contributed by atoms with E-state index in [1.165, 1.54) is 17.4 Å². The molecule has 1 aromatic carbocycles. The first kappa shape index (κ1) is 25.5. The van der Waals surface area contributed by atoms with Gasteiger partial charge in [0.15, 0.2) is 0 Å². The Morgan fingerprint density at radius 2 is 1.86 bits per heavy atom. The number of ether oxygens (including phenoxy) is 1. The number of piperazine rings is 1. The Bertz CT molecular complexity index is 1350. The zero-order chi connectivity index (χ0) is 26.1. The molecule has 0 saturated carbocycles. The molecule has 3 aliphatic rings. The van der Waals surface area contributed by atoms with Crippen LogP contribution < -0.4 is 15.4 Å². The lowest BCUT2D eigenvalue weighted by Gasteiger charge is -2.38. The molecule has 8 nitrogen and oxygen atoms in total. The van der Waals surface area contributed by atoms with Crippen LogP contribution in [-0.2, 0) is 16.6 Å². The molecule has 1 amide bonds. The highest BCUT2D eigenvalue weighted by atomic mass is 32.2. The molecule has 2 aromatic rings. The summed E-state index contributed by atoms with van der Waals surface area (Å²) in [6, 6.07) is 12.3. The summed E-state index contributed by atoms with van der Waals surface area (Å²) in [7, 11) is 1.70. The van der Waals surface area contributed by atoms with Crippen LogP contribution in [0, 0.1) is 18.3 Å². The summed E-state index contributed by atoms with van der Waals surface area (Å²) in [6.45, 7) is 5.93. The molecule has 192 valence electrons. The molecule has 3 fully saturated rings. The van der Waals surface area contributed by atoms with E-state index in [1.807, 2.05) is 24.3 Å². The van der Waals surface area contributed by atoms with Gasteiger partial charge in [0.25, 0.3) is 11.5 Å². The largest absolute Gasteiger partial charge is 0.376 e. The maximum absolute atomic E-state index is 13.4. The molecule has 37 heavy (non-hydrogen) atoms. The highest BCUT2D eigenvalue weighted by Gasteiger charge is 2.35. The van der Waals surface area contributed by atoms with Crippen molar-refractivity contribution in [2.45, 2.75) is 25.9 Å². The highest BCUT2D eigenvalue weighted by molar-refractivity contribution is 8.26. The molecule has 1 aromatic heterocycles. The number of benzene rings is 1. The molecule has 3 saturated heterocycles. The van der Waals surface area contributed by atoms with Crippen LogP contribution >= 0.6 is 24.0 Å². The number of nitriles is 1. The summed E-state index contributed by atoms with van der Waals surface area (Å²) in [5, 5.41) is 9.75. The number of hydrogen-bond acceptors (Lipinski definition) is 8. The quantitative estimate of drug-likeness (QED) is 0.426. The average Bonchev–Trinajstić information content (AvgIpc) is 3.52. The summed E-state index contributed by atoms with van der Waals surface area (Å²) in [4.78, 5) is 33.0. The number of rotatable bonds is 5. The van der Waals surface area contributed by atoms with E-state index in [0.29, 0.717) is 46.6 Å². The lowest BCUT2D eigenvalue weighted by molar-refractivity contribution is -0.123. The maximum Gasteiger partial charge on any atom is 0.270 e. The van der Waals surface area contributed by atoms with Crippen LogP contribution in [0.5, 0.6) is 0 Å². The van der Waals surface area contributed by atoms with Crippen molar-refractivity contribution in [3.8, 4) is 6.07 Å². The van der Waals surface area contributed by atoms with E-state index in [-0.39, 0.29) is 23.1 Å². The minimum atomic E-state index is -0.330. The topological polar surface area (TPSA) is 81.8 Å². The third-order valence-corrected chi connectivity index (χ3v) is 8.61. The van der Waals surface area contributed by atoms with E-state index in [9.17, 15) is 14.9 Å². The summed E-state index contributed by atoms with van der Waals surface area (Å²) < 4.78 is 7.77. The van der Waals surface area contributed by atoms with Crippen molar-refractivity contribution in [1.29, 1.82) is 5.26 Å². The zero-order valence-corrected chi connectivity index (χ0v) is 22.6. The molecule has 0 bridgehead atoms. The van der Waals surface area contributed by atoms with E-state index in [0.717, 1.165) is 31.7 Å². The normalized spacial score (nSPS) is 21.3. The Balaban J connectivity index is 1.48. The fourth-order valence-electron chi connectivity index (χ4n) is 5.19. The number of anilines is 2. The van der Waals surface area contributed by atoms with E-state index in [4.69, 9.17) is 17.0 Å². The van der Waals surface area contributed by atoms with Gasteiger partial charge in [-0.3, -0.25) is 19.1 Å². The van der Waals surface area contributed by atoms with E-state index in [1.54, 1.807) is 23.4 Å². The number of pyridine rings is 1. The summed E-state index contributed by atoms with van der Waals surface area (Å²) in [6.07, 6.45) is 3.72. The maximum atomic E-state index is 13.4. The van der Waals surface area contributed by atoms with Gasteiger partial charge in [0.1, 0.15) is 21.8 Å². The standard InChI is InChI=1S/C27H29N5O3S2/c1-18-21(15-23-26(34)32(27(36)37-23)17-20-9-6-14-35-20)24(29(2)25(33)22(18)16-28)31-12-10-30(11-13-31)19-7-4-3-5-8-19/h3-5,7-8,15,20H,6,9-14,17H2,1-2H3/b23-15-. The van der Waals surface area contributed by atoms with Gasteiger partial charge in [-0.1, -0.05) is 42.2 Å². The first-order valence-corrected chi connectivity index (χ1v) is 13.7. The summed E-state index contributed by atoms with van der Waals surface area (Å²) in [5.41, 5.74) is 2.22. The third-order valence-electron chi connectivity index (χ3n) is 7.23. The molecule has 3 aliphatic heterocycles. The Labute approximate surface area is 226 Å². The monoisotopic (exact) mass is 535 g/mol. The van der Waals surface area contributed by atoms with E-state index in [2.05, 4.69) is 28.0 Å². The van der Waals surface area contributed by atoms with Crippen molar-refractivity contribution in [2.24, 2.45) is 7.05 Å². The van der Waals surface area contributed by atoms with Crippen LogP contribution in [0.1, 0.15) is 29.5 Å². The summed E-state index contributed by atoms with van der Waals surface area (Å²) in [5.74, 6) is 0.565. The predicted octanol–water partition coefficient (Wildman–Crippen LogP) is 3.27. The molecular weight excluding hydrogens is 506 g/mol. The molecule has 0 aliphatic carbocycles. The second kappa shape index (κ2) is 10.7. The zero-order valence-electron chi connectivity index (χ0n) is 21.0. The molecule has 4 heterocycles. The Morgan fingerprint density at radius 1 is 1.16 bits per heavy atom. The second-order valence-corrected chi connectivity index (χ2v) is 11.1. The number of nitrogens with zero attached hydrogens (tertiary/aromatic N) is 5. The van der Waals surface area contributed by atoms with Crippen molar-refractivity contribution >= 4 is 51.8 Å². The number of aromatic nitrogens is 1. The number of carbonyl (C=O) groups is 1. The Hall–Kier alpha value is -3.13. The number of hydrogen-bond donors (Lipinski definition) is 0. The molecule has 0 spiro atoms. The minimum Gasteiger partial charge on any atom is -0.376 e. The number of amides is 1. The second-order valence-electron chi connectivity index (χ2n) is 9.45. The molecular formula is C27H29N5O3S2. The van der Waals surface area contributed by atoms with Crippen molar-refractivity contribution < 1.29 is 9.53 Å². The Morgan fingerprint density at radius 3 is 2.51 bits per heavy atom. The van der Waals surface area contributed by atoms with Gasteiger partial charge in [0.05, 0.1) is 17.6 Å². The van der Waals surface area contributed by atoms with Crippen LogP contribution in [0.2, 0.25) is 0 Å². The van der Waals surface area contributed by atoms with Crippen LogP contribution in [0.15, 0.2) is 40.0 Å². The fourth-order valence-corrected chi connectivity index (χ4v) is 6.45. The van der Waals surface area contributed by atoms with Crippen LogP contribution in [0.3, 0.4) is 0 Å². The van der Waals surface area contributed by atoms with Crippen molar-refractivity contribution in [3.63, 3.8) is 0 Å². The number of carbonyl (C=O) groups excluding carboxylic acids is 1. The number of thiocarbonyl (C=S) groups is 1. The van der Waals surface area contributed by atoms with Crippen molar-refractivity contribution in [2.75, 3.05) is 49.1 Å². The van der Waals surface area contributed by atoms with Gasteiger partial charge < -0.3 is 14.5 Å². The third kappa shape index (κ3) is 4.91. The van der Waals surface area contributed by atoms with Crippen molar-refractivity contribution in [3.05, 3.63) is 62.3 Å². The van der Waals surface area contributed by atoms with Gasteiger partial charge in [0.2, 0.25) is 0 Å². The first-order valence-electron chi connectivity index (χ1n) is 12.4. The number of thioether (sulfide) groups is 1. The van der Waals surface area contributed by atoms with Crippen LogP contribution in [0.25, 0.3) is 6.08 Å². The SMILES string of the molecule is Cc1c(/C=C2\SC(=S)N(CC3CCCO3)C2=O)c(N2CCN(c3ccccc3)CC2)n(C)c(=O)c1C#N. The van der Waals surface area contributed by atoms with Gasteiger partial charge in [-0.05, 0) is 43.5 Å². The highest BCUT2D eigenvalue weighted by Crippen LogP contribution is 2.36. The minimum absolute atomic E-state index is 0.00259. The molecule has 1 atom stereocenters. The molecule has 5 rings (SSSR count). The van der Waals surface area contributed by atoms with Crippen molar-refractivity contribution in [1.82, 2.24) is 9.47 Å². The lowest BCUT2D eigenvalue weighted by Crippen LogP contribution is -2.48. The smallest absolute Gasteiger partial charge is 0.270 e. The average molecular weight is 536 g/mol. The van der Waals surface area contributed by atoms with Gasteiger partial charge in [-0.25, -0.2) is 0 Å². The van der Waals surface area contributed by atoms with Crippen LogP contribution in [-0.4, -0.2) is 65.1 Å². The van der Waals surface area contributed by atoms with E-state index >= 15 is 0 Å². The first-order chi connectivity index (χ1) is 17.9. The van der Waals surface area contributed by atoms with Crippen LogP contribution in [0.4, 0.5) is 11.5 Å². The van der Waals surface area contributed by atoms with Gasteiger partial charge in [-0.2, -0.15) is 5.26 Å². The van der Waals surface area contributed by atoms with Gasteiger partial charge in [0, 0.05) is 51.1 Å². The number of para-hydroxylation sites is 1. The molecule has 0 radical (unpaired) electrons. The molecule has 0 N–H and O–H groups in total. The molecule has 1 unspecified atom stereocenters. The fraction of sp³-hybridized carbons (Fsp3) is 0.407. The lowest BCUT2D eigenvalue weighted by atomic mass is 10.0. The van der Waals surface area contributed by atoms with E-state index < -0.39 is 0 Å².